The van der Waals surface area contributed by atoms with E-state index in [4.69, 9.17) is 10.5 Å². The Morgan fingerprint density at radius 2 is 2.17 bits per heavy atom. The average molecular weight is 248 g/mol. The molecular formula is C14H20N2O2. The predicted octanol–water partition coefficient (Wildman–Crippen LogP) is 2.30. The average Bonchev–Trinajstić information content (AvgIpc) is 2.78. The summed E-state index contributed by atoms with van der Waals surface area (Å²) < 4.78 is 5.40. The molecule has 0 aromatic heterocycles. The molecule has 1 amide bonds. The maximum atomic E-state index is 12.1. The van der Waals surface area contributed by atoms with Crippen LogP contribution in [0.15, 0.2) is 24.3 Å². The van der Waals surface area contributed by atoms with Crippen molar-refractivity contribution >= 4 is 11.6 Å². The summed E-state index contributed by atoms with van der Waals surface area (Å²) in [6.07, 6.45) is 3.60. The number of nitrogens with two attached hydrogens (primary N) is 1. The number of nitrogens with one attached hydrogen (secondary N) is 1. The fourth-order valence-electron chi connectivity index (χ4n) is 2.32. The van der Waals surface area contributed by atoms with Gasteiger partial charge < -0.3 is 15.8 Å². The van der Waals surface area contributed by atoms with Crippen LogP contribution in [0.2, 0.25) is 0 Å². The van der Waals surface area contributed by atoms with E-state index in [1.54, 1.807) is 0 Å². The molecule has 1 fully saturated rings. The number of rotatable bonds is 4. The Bertz CT molecular complexity index is 426. The van der Waals surface area contributed by atoms with Crippen LogP contribution < -0.4 is 15.8 Å². The summed E-state index contributed by atoms with van der Waals surface area (Å²) in [5, 5.41) is 2.88. The highest BCUT2D eigenvalue weighted by Gasteiger charge is 2.36. The van der Waals surface area contributed by atoms with Gasteiger partial charge in [0, 0.05) is 11.8 Å². The van der Waals surface area contributed by atoms with Crippen LogP contribution in [-0.2, 0) is 4.79 Å². The summed E-state index contributed by atoms with van der Waals surface area (Å²) in [5.74, 6) is 0.668. The van der Waals surface area contributed by atoms with Crippen LogP contribution in [0.5, 0.6) is 5.75 Å². The van der Waals surface area contributed by atoms with Gasteiger partial charge in [0.25, 0.3) is 0 Å². The van der Waals surface area contributed by atoms with E-state index in [2.05, 4.69) is 5.32 Å². The minimum Gasteiger partial charge on any atom is -0.494 e. The normalized spacial score (nSPS) is 17.4. The van der Waals surface area contributed by atoms with Gasteiger partial charge in [0.2, 0.25) is 5.91 Å². The monoisotopic (exact) mass is 248 g/mol. The third kappa shape index (κ3) is 2.82. The second-order valence-corrected chi connectivity index (χ2v) is 4.78. The highest BCUT2D eigenvalue weighted by atomic mass is 16.5. The Morgan fingerprint density at radius 1 is 1.44 bits per heavy atom. The molecule has 1 saturated carbocycles. The third-order valence-electron chi connectivity index (χ3n) is 3.35. The zero-order chi connectivity index (χ0) is 13.0. The fraction of sp³-hybridized carbons (Fsp3) is 0.500. The van der Waals surface area contributed by atoms with E-state index >= 15 is 0 Å². The molecule has 1 aromatic rings. The van der Waals surface area contributed by atoms with Crippen molar-refractivity contribution in [3.8, 4) is 5.75 Å². The standard InChI is InChI=1S/C14H20N2O2/c1-2-18-12-7-5-6-11(10-12)16-13(17)14(15)8-3-4-9-14/h5-7,10H,2-4,8-9,15H2,1H3,(H,16,17). The van der Waals surface area contributed by atoms with E-state index in [1.165, 1.54) is 0 Å². The van der Waals surface area contributed by atoms with Crippen molar-refractivity contribution in [3.63, 3.8) is 0 Å². The first-order chi connectivity index (χ1) is 8.64. The summed E-state index contributed by atoms with van der Waals surface area (Å²) in [6, 6.07) is 7.39. The van der Waals surface area contributed by atoms with Crippen LogP contribution in [-0.4, -0.2) is 18.1 Å². The van der Waals surface area contributed by atoms with Gasteiger partial charge in [-0.1, -0.05) is 18.9 Å². The molecule has 0 heterocycles. The van der Waals surface area contributed by atoms with E-state index in [9.17, 15) is 4.79 Å². The van der Waals surface area contributed by atoms with Crippen molar-refractivity contribution in [2.75, 3.05) is 11.9 Å². The maximum Gasteiger partial charge on any atom is 0.244 e. The van der Waals surface area contributed by atoms with Gasteiger partial charge in [-0.2, -0.15) is 0 Å². The molecule has 1 aliphatic rings. The molecule has 0 radical (unpaired) electrons. The van der Waals surface area contributed by atoms with E-state index < -0.39 is 5.54 Å². The molecule has 0 saturated heterocycles. The highest BCUT2D eigenvalue weighted by molar-refractivity contribution is 5.98. The highest BCUT2D eigenvalue weighted by Crippen LogP contribution is 2.28. The summed E-state index contributed by atoms with van der Waals surface area (Å²) in [7, 11) is 0. The number of anilines is 1. The first-order valence-corrected chi connectivity index (χ1v) is 6.47. The molecule has 0 spiro atoms. The van der Waals surface area contributed by atoms with Crippen LogP contribution in [0.25, 0.3) is 0 Å². The molecule has 4 nitrogen and oxygen atoms in total. The molecule has 0 unspecified atom stereocenters. The molecule has 0 atom stereocenters. The van der Waals surface area contributed by atoms with Crippen LogP contribution in [0.3, 0.4) is 0 Å². The summed E-state index contributed by atoms with van der Waals surface area (Å²) >= 11 is 0. The van der Waals surface area contributed by atoms with Crippen LogP contribution in [0.4, 0.5) is 5.69 Å². The minimum absolute atomic E-state index is 0.0892. The lowest BCUT2D eigenvalue weighted by atomic mass is 9.98. The summed E-state index contributed by atoms with van der Waals surface area (Å²) in [6.45, 7) is 2.54. The van der Waals surface area contributed by atoms with Crippen LogP contribution >= 0.6 is 0 Å². The Morgan fingerprint density at radius 3 is 2.83 bits per heavy atom. The van der Waals surface area contributed by atoms with E-state index in [0.717, 1.165) is 37.1 Å². The Balaban J connectivity index is 2.04. The fourth-order valence-corrected chi connectivity index (χ4v) is 2.32. The molecule has 3 N–H and O–H groups in total. The SMILES string of the molecule is CCOc1cccc(NC(=O)C2(N)CCCC2)c1. The zero-order valence-corrected chi connectivity index (χ0v) is 10.7. The number of hydrogen-bond acceptors (Lipinski definition) is 3. The topological polar surface area (TPSA) is 64.3 Å². The second kappa shape index (κ2) is 5.40. The molecule has 1 aromatic carbocycles. The van der Waals surface area contributed by atoms with Gasteiger partial charge in [-0.25, -0.2) is 0 Å². The van der Waals surface area contributed by atoms with Gasteiger partial charge >= 0.3 is 0 Å². The van der Waals surface area contributed by atoms with Gasteiger partial charge in [-0.3, -0.25) is 4.79 Å². The molecule has 0 bridgehead atoms. The molecule has 4 heteroatoms. The third-order valence-corrected chi connectivity index (χ3v) is 3.35. The Hall–Kier alpha value is -1.55. The van der Waals surface area contributed by atoms with Crippen LogP contribution in [0, 0.1) is 0 Å². The minimum atomic E-state index is -0.693. The lowest BCUT2D eigenvalue weighted by Crippen LogP contribution is -2.48. The molecular weight excluding hydrogens is 228 g/mol. The Kier molecular flexibility index (Phi) is 3.87. The number of hydrogen-bond donors (Lipinski definition) is 2. The van der Waals surface area contributed by atoms with Crippen molar-refractivity contribution in [2.24, 2.45) is 5.73 Å². The van der Waals surface area contributed by atoms with Crippen molar-refractivity contribution in [1.29, 1.82) is 0 Å². The number of carbonyl (C=O) groups excluding carboxylic acids is 1. The largest absolute Gasteiger partial charge is 0.494 e. The van der Waals surface area contributed by atoms with Gasteiger partial charge in [0.15, 0.2) is 0 Å². The molecule has 1 aliphatic carbocycles. The number of amides is 1. The number of benzene rings is 1. The van der Waals surface area contributed by atoms with Crippen molar-refractivity contribution < 1.29 is 9.53 Å². The van der Waals surface area contributed by atoms with Gasteiger partial charge in [0.05, 0.1) is 12.1 Å². The molecule has 98 valence electrons. The first kappa shape index (κ1) is 12.9. The first-order valence-electron chi connectivity index (χ1n) is 6.47. The quantitative estimate of drug-likeness (QED) is 0.859. The van der Waals surface area contributed by atoms with Gasteiger partial charge in [-0.05, 0) is 31.9 Å². The van der Waals surface area contributed by atoms with E-state index in [1.807, 2.05) is 31.2 Å². The van der Waals surface area contributed by atoms with Crippen molar-refractivity contribution in [3.05, 3.63) is 24.3 Å². The predicted molar refractivity (Wildman–Crippen MR) is 71.6 cm³/mol. The van der Waals surface area contributed by atoms with E-state index in [0.29, 0.717) is 6.61 Å². The Labute approximate surface area is 108 Å². The molecule has 2 rings (SSSR count). The maximum absolute atomic E-state index is 12.1. The van der Waals surface area contributed by atoms with Gasteiger partial charge in [-0.15, -0.1) is 0 Å². The van der Waals surface area contributed by atoms with Crippen LogP contribution in [0.1, 0.15) is 32.6 Å². The number of carbonyl (C=O) groups is 1. The lowest BCUT2D eigenvalue weighted by molar-refractivity contribution is -0.121. The van der Waals surface area contributed by atoms with E-state index in [-0.39, 0.29) is 5.91 Å². The second-order valence-electron chi connectivity index (χ2n) is 4.78. The van der Waals surface area contributed by atoms with Crippen molar-refractivity contribution in [2.45, 2.75) is 38.1 Å². The molecule has 18 heavy (non-hydrogen) atoms. The summed E-state index contributed by atoms with van der Waals surface area (Å²) in [4.78, 5) is 12.1. The molecule has 0 aliphatic heterocycles. The van der Waals surface area contributed by atoms with Crippen molar-refractivity contribution in [1.82, 2.24) is 0 Å². The summed E-state index contributed by atoms with van der Waals surface area (Å²) in [5.41, 5.74) is 6.15. The lowest BCUT2D eigenvalue weighted by Gasteiger charge is -2.22. The smallest absolute Gasteiger partial charge is 0.244 e. The van der Waals surface area contributed by atoms with Gasteiger partial charge in [0.1, 0.15) is 5.75 Å². The number of ether oxygens (including phenoxy) is 1. The zero-order valence-electron chi connectivity index (χ0n) is 10.7.